The minimum absolute atomic E-state index is 0.0842. The van der Waals surface area contributed by atoms with Gasteiger partial charge in [-0.1, -0.05) is 6.07 Å². The Morgan fingerprint density at radius 1 is 1.03 bits per heavy atom. The summed E-state index contributed by atoms with van der Waals surface area (Å²) in [5.74, 6) is -1.89. The maximum atomic E-state index is 13.5. The molecule has 1 saturated heterocycles. The average molecular weight is 480 g/mol. The third kappa shape index (κ3) is 5.43. The second-order valence-electron chi connectivity index (χ2n) is 8.25. The van der Waals surface area contributed by atoms with Crippen LogP contribution in [0, 0.1) is 28.7 Å². The number of nitrogens with one attached hydrogen (secondary N) is 1. The van der Waals surface area contributed by atoms with E-state index in [1.165, 1.54) is 35.2 Å². The van der Waals surface area contributed by atoms with Crippen LogP contribution in [0.3, 0.4) is 0 Å². The first-order chi connectivity index (χ1) is 16.7. The Morgan fingerprint density at radius 3 is 2.37 bits per heavy atom. The molecule has 0 atom stereocenters. The lowest BCUT2D eigenvalue weighted by molar-refractivity contribution is -0.385. The second-order valence-corrected chi connectivity index (χ2v) is 8.25. The fraction of sp³-hybridized carbons (Fsp3) is 0.200. The smallest absolute Gasteiger partial charge is 0.322 e. The Labute approximate surface area is 199 Å². The number of carbonyl (C=O) groups excluding carboxylic acids is 2. The van der Waals surface area contributed by atoms with Crippen LogP contribution in [0.1, 0.15) is 27.9 Å². The van der Waals surface area contributed by atoms with Crippen molar-refractivity contribution in [2.45, 2.75) is 19.9 Å². The third-order valence-electron chi connectivity index (χ3n) is 5.71. The maximum absolute atomic E-state index is 13.5. The molecule has 3 aromatic carbocycles. The van der Waals surface area contributed by atoms with Crippen molar-refractivity contribution in [3.63, 3.8) is 0 Å². The van der Waals surface area contributed by atoms with Gasteiger partial charge >= 0.3 is 6.03 Å². The minimum atomic E-state index is -0.695. The lowest BCUT2D eigenvalue weighted by Crippen LogP contribution is -2.49. The number of halogens is 2. The first kappa shape index (κ1) is 23.8. The fourth-order valence-electron chi connectivity index (χ4n) is 3.97. The molecule has 180 valence electrons. The summed E-state index contributed by atoms with van der Waals surface area (Å²) < 4.78 is 27.0. The zero-order valence-electron chi connectivity index (χ0n) is 18.8. The van der Waals surface area contributed by atoms with Crippen LogP contribution in [0.15, 0.2) is 60.7 Å². The van der Waals surface area contributed by atoms with E-state index in [9.17, 15) is 28.5 Å². The SMILES string of the molecule is Cc1ccc(C(=O)Nc2ccc(N3CCCN(Cc4cc(F)cc(F)c4)C3=O)cc2)cc1[N+](=O)[O-]. The van der Waals surface area contributed by atoms with E-state index in [0.717, 1.165) is 6.07 Å². The number of nitrogens with zero attached hydrogens (tertiary/aromatic N) is 3. The first-order valence-corrected chi connectivity index (χ1v) is 10.9. The molecule has 1 fully saturated rings. The van der Waals surface area contributed by atoms with Gasteiger partial charge in [0.2, 0.25) is 0 Å². The van der Waals surface area contributed by atoms with E-state index in [1.807, 2.05) is 0 Å². The number of benzene rings is 3. The summed E-state index contributed by atoms with van der Waals surface area (Å²) in [5, 5.41) is 13.8. The molecule has 0 aliphatic carbocycles. The highest BCUT2D eigenvalue weighted by Gasteiger charge is 2.27. The van der Waals surface area contributed by atoms with Crippen LogP contribution >= 0.6 is 0 Å². The monoisotopic (exact) mass is 480 g/mol. The Bertz CT molecular complexity index is 1280. The van der Waals surface area contributed by atoms with Gasteiger partial charge in [-0.25, -0.2) is 13.6 Å². The van der Waals surface area contributed by atoms with Crippen molar-refractivity contribution in [2.75, 3.05) is 23.3 Å². The van der Waals surface area contributed by atoms with Gasteiger partial charge in [0.05, 0.1) is 4.92 Å². The van der Waals surface area contributed by atoms with Gasteiger partial charge in [-0.15, -0.1) is 0 Å². The van der Waals surface area contributed by atoms with Crippen LogP contribution < -0.4 is 10.2 Å². The Hall–Kier alpha value is -4.34. The molecule has 0 spiro atoms. The lowest BCUT2D eigenvalue weighted by atomic mass is 10.1. The summed E-state index contributed by atoms with van der Waals surface area (Å²) in [4.78, 5) is 39.2. The van der Waals surface area contributed by atoms with Crippen molar-refractivity contribution in [1.82, 2.24) is 4.90 Å². The van der Waals surface area contributed by atoms with Gasteiger partial charge in [-0.05, 0) is 61.4 Å². The van der Waals surface area contributed by atoms with Crippen LogP contribution in [0.25, 0.3) is 0 Å². The second kappa shape index (κ2) is 9.88. The molecule has 0 saturated carbocycles. The normalized spacial score (nSPS) is 13.6. The van der Waals surface area contributed by atoms with Crippen molar-refractivity contribution in [2.24, 2.45) is 0 Å². The average Bonchev–Trinajstić information content (AvgIpc) is 2.80. The third-order valence-corrected chi connectivity index (χ3v) is 5.71. The largest absolute Gasteiger partial charge is 0.324 e. The first-order valence-electron chi connectivity index (χ1n) is 10.9. The number of amides is 3. The molecule has 3 amide bonds. The predicted molar refractivity (Wildman–Crippen MR) is 126 cm³/mol. The van der Waals surface area contributed by atoms with Crippen LogP contribution in [0.4, 0.5) is 30.6 Å². The molecule has 0 bridgehead atoms. The number of anilines is 2. The van der Waals surface area contributed by atoms with Crippen molar-refractivity contribution in [3.8, 4) is 0 Å². The van der Waals surface area contributed by atoms with Crippen LogP contribution in [-0.2, 0) is 6.54 Å². The molecule has 4 rings (SSSR count). The number of hydrogen-bond donors (Lipinski definition) is 1. The zero-order chi connectivity index (χ0) is 25.1. The van der Waals surface area contributed by atoms with Gasteiger partial charge in [0.15, 0.2) is 0 Å². The minimum Gasteiger partial charge on any atom is -0.322 e. The van der Waals surface area contributed by atoms with E-state index in [-0.39, 0.29) is 23.8 Å². The quantitative estimate of drug-likeness (QED) is 0.384. The fourth-order valence-corrected chi connectivity index (χ4v) is 3.97. The van der Waals surface area contributed by atoms with E-state index in [2.05, 4.69) is 5.32 Å². The van der Waals surface area contributed by atoms with Crippen LogP contribution in [-0.4, -0.2) is 34.9 Å². The number of carbonyl (C=O) groups is 2. The van der Waals surface area contributed by atoms with Crippen LogP contribution in [0.5, 0.6) is 0 Å². The molecule has 0 unspecified atom stereocenters. The topological polar surface area (TPSA) is 95.8 Å². The molecule has 1 N–H and O–H groups in total. The summed E-state index contributed by atoms with van der Waals surface area (Å²) in [6.45, 7) is 2.62. The van der Waals surface area contributed by atoms with E-state index in [0.29, 0.717) is 42.0 Å². The molecule has 3 aromatic rings. The Morgan fingerprint density at radius 2 is 1.71 bits per heavy atom. The molecule has 1 heterocycles. The number of nitro benzene ring substituents is 1. The van der Waals surface area contributed by atoms with E-state index in [4.69, 9.17) is 0 Å². The van der Waals surface area contributed by atoms with Crippen molar-refractivity contribution < 1.29 is 23.3 Å². The number of aryl methyl sites for hydroxylation is 1. The standard InChI is InChI=1S/C25H22F2N4O4/c1-16-3-4-18(13-23(16)31(34)35)24(32)28-21-5-7-22(8-6-21)30-10-2-9-29(25(30)33)15-17-11-19(26)14-20(27)12-17/h3-8,11-14H,2,9-10,15H2,1H3,(H,28,32). The van der Waals surface area contributed by atoms with Crippen LogP contribution in [0.2, 0.25) is 0 Å². The Balaban J connectivity index is 1.44. The molecule has 0 aromatic heterocycles. The van der Waals surface area contributed by atoms with E-state index >= 15 is 0 Å². The number of rotatable bonds is 6. The summed E-state index contributed by atoms with van der Waals surface area (Å²) in [6, 6.07) is 13.8. The Kier molecular flexibility index (Phi) is 6.72. The predicted octanol–water partition coefficient (Wildman–Crippen LogP) is 5.27. The van der Waals surface area contributed by atoms with E-state index < -0.39 is 22.5 Å². The zero-order valence-corrected chi connectivity index (χ0v) is 18.8. The number of nitro groups is 1. The van der Waals surface area contributed by atoms with Gasteiger partial charge in [0.1, 0.15) is 11.6 Å². The van der Waals surface area contributed by atoms with Gasteiger partial charge in [-0.2, -0.15) is 0 Å². The number of hydrogen-bond acceptors (Lipinski definition) is 4. The molecular formula is C25H22F2N4O4. The van der Waals surface area contributed by atoms with Crippen molar-refractivity contribution >= 4 is 29.0 Å². The van der Waals surface area contributed by atoms with E-state index in [1.54, 1.807) is 36.1 Å². The van der Waals surface area contributed by atoms with Crippen molar-refractivity contribution in [1.29, 1.82) is 0 Å². The molecule has 35 heavy (non-hydrogen) atoms. The highest BCUT2D eigenvalue weighted by Crippen LogP contribution is 2.25. The molecular weight excluding hydrogens is 458 g/mol. The maximum Gasteiger partial charge on any atom is 0.324 e. The molecule has 1 aliphatic rings. The molecule has 0 radical (unpaired) electrons. The molecule has 8 nitrogen and oxygen atoms in total. The summed E-state index contributed by atoms with van der Waals surface area (Å²) in [7, 11) is 0. The van der Waals surface area contributed by atoms with Gasteiger partial charge in [0.25, 0.3) is 11.6 Å². The summed E-state index contributed by atoms with van der Waals surface area (Å²) >= 11 is 0. The lowest BCUT2D eigenvalue weighted by Gasteiger charge is -2.35. The van der Waals surface area contributed by atoms with Gasteiger partial charge in [-0.3, -0.25) is 19.8 Å². The summed E-state index contributed by atoms with van der Waals surface area (Å²) in [5.41, 5.74) is 1.91. The highest BCUT2D eigenvalue weighted by molar-refractivity contribution is 6.05. The molecule has 1 aliphatic heterocycles. The van der Waals surface area contributed by atoms with Crippen molar-refractivity contribution in [3.05, 3.63) is 99.1 Å². The highest BCUT2D eigenvalue weighted by atomic mass is 19.1. The van der Waals surface area contributed by atoms with Gasteiger partial charge < -0.3 is 10.2 Å². The molecule has 10 heteroatoms. The number of urea groups is 1. The van der Waals surface area contributed by atoms with Gasteiger partial charge in [0, 0.05) is 54.3 Å². The summed E-state index contributed by atoms with van der Waals surface area (Å²) in [6.07, 6.45) is 0.675.